The van der Waals surface area contributed by atoms with Gasteiger partial charge in [-0.3, -0.25) is 14.0 Å². The van der Waals surface area contributed by atoms with Crippen molar-refractivity contribution in [2.45, 2.75) is 51.9 Å². The van der Waals surface area contributed by atoms with Gasteiger partial charge in [-0.15, -0.1) is 0 Å². The van der Waals surface area contributed by atoms with Gasteiger partial charge < -0.3 is 18.8 Å². The summed E-state index contributed by atoms with van der Waals surface area (Å²) >= 11 is 5.98. The topological polar surface area (TPSA) is 113 Å². The molecule has 4 aromatic rings. The third-order valence-electron chi connectivity index (χ3n) is 6.60. The van der Waals surface area contributed by atoms with Crippen LogP contribution in [0, 0.1) is 0 Å². The molecule has 1 atom stereocenters. The minimum Gasteiger partial charge on any atom is -0.478 e. The first kappa shape index (κ1) is 27.5. The minimum atomic E-state index is -1.41. The maximum Gasteiger partial charge on any atom is 0.341 e. The molecule has 1 fully saturated rings. The van der Waals surface area contributed by atoms with Crippen molar-refractivity contribution in [2.75, 3.05) is 13.2 Å². The van der Waals surface area contributed by atoms with E-state index in [0.717, 1.165) is 12.8 Å². The molecule has 1 saturated heterocycles. The summed E-state index contributed by atoms with van der Waals surface area (Å²) in [6, 6.07) is 13.2. The normalized spacial score (nSPS) is 16.0. The molecule has 11 heteroatoms. The van der Waals surface area contributed by atoms with Crippen LogP contribution in [0.2, 0.25) is 5.02 Å². The quantitative estimate of drug-likeness (QED) is 0.247. The van der Waals surface area contributed by atoms with Crippen LogP contribution in [0.25, 0.3) is 16.7 Å². The Hall–Kier alpha value is -4.02. The number of benzene rings is 1. The van der Waals surface area contributed by atoms with Gasteiger partial charge in [0.05, 0.1) is 24.6 Å². The molecule has 0 aliphatic carbocycles. The van der Waals surface area contributed by atoms with Gasteiger partial charge in [-0.1, -0.05) is 17.7 Å². The Morgan fingerprint density at radius 3 is 2.67 bits per heavy atom. The van der Waals surface area contributed by atoms with Crippen LogP contribution < -0.4 is 15.8 Å². The fourth-order valence-electron chi connectivity index (χ4n) is 4.59. The van der Waals surface area contributed by atoms with Crippen LogP contribution in [-0.4, -0.2) is 50.7 Å². The van der Waals surface area contributed by atoms with Crippen LogP contribution >= 0.6 is 11.6 Å². The number of aromatic nitrogens is 3. The number of halogens is 1. The van der Waals surface area contributed by atoms with Crippen LogP contribution in [-0.2, 0) is 20.8 Å². The van der Waals surface area contributed by atoms with Gasteiger partial charge in [0.25, 0.3) is 11.5 Å². The molecular weight excluding hydrogens is 536 g/mol. The number of carbonyl (C=O) groups is 2. The average Bonchev–Trinajstić information content (AvgIpc) is 3.45. The van der Waals surface area contributed by atoms with Crippen molar-refractivity contribution < 1.29 is 23.8 Å². The van der Waals surface area contributed by atoms with Crippen molar-refractivity contribution in [3.8, 4) is 5.75 Å². The zero-order chi connectivity index (χ0) is 28.4. The van der Waals surface area contributed by atoms with Crippen molar-refractivity contribution in [3.05, 3.63) is 81.2 Å². The number of hydrogen-bond acceptors (Lipinski definition) is 7. The molecule has 5 rings (SSSR count). The Labute approximate surface area is 234 Å². The number of nitrogens with zero attached hydrogens (tertiary/aromatic N) is 4. The van der Waals surface area contributed by atoms with Gasteiger partial charge in [0.2, 0.25) is 0 Å². The average molecular weight is 565 g/mol. The van der Waals surface area contributed by atoms with E-state index in [1.807, 2.05) is 0 Å². The minimum absolute atomic E-state index is 0.0198. The van der Waals surface area contributed by atoms with E-state index in [0.29, 0.717) is 23.0 Å². The van der Waals surface area contributed by atoms with Crippen molar-refractivity contribution in [2.24, 2.45) is 4.99 Å². The van der Waals surface area contributed by atoms with Gasteiger partial charge in [-0.05, 0) is 76.1 Å². The molecule has 0 N–H and O–H groups in total. The number of rotatable bonds is 7. The molecule has 3 aromatic heterocycles. The van der Waals surface area contributed by atoms with Crippen molar-refractivity contribution in [3.63, 3.8) is 0 Å². The third kappa shape index (κ3) is 5.50. The molecule has 10 nitrogen and oxygen atoms in total. The molecule has 0 spiro atoms. The van der Waals surface area contributed by atoms with Gasteiger partial charge in [-0.25, -0.2) is 9.78 Å². The lowest BCUT2D eigenvalue weighted by molar-refractivity contribution is -0.130. The van der Waals surface area contributed by atoms with Crippen LogP contribution in [0.15, 0.2) is 64.5 Å². The fourth-order valence-corrected chi connectivity index (χ4v) is 4.72. The largest absolute Gasteiger partial charge is 0.478 e. The summed E-state index contributed by atoms with van der Waals surface area (Å²) in [4.78, 5) is 49.5. The first-order chi connectivity index (χ1) is 19.2. The third-order valence-corrected chi connectivity index (χ3v) is 6.86. The summed E-state index contributed by atoms with van der Waals surface area (Å²) in [5.74, 6) is -0.938. The zero-order valence-electron chi connectivity index (χ0n) is 22.4. The Balaban J connectivity index is 1.76. The van der Waals surface area contributed by atoms with Crippen molar-refractivity contribution in [1.82, 2.24) is 14.0 Å². The molecule has 1 amide bonds. The van der Waals surface area contributed by atoms with Gasteiger partial charge >= 0.3 is 5.97 Å². The van der Waals surface area contributed by atoms with Crippen LogP contribution in [0.4, 0.5) is 0 Å². The summed E-state index contributed by atoms with van der Waals surface area (Å²) in [7, 11) is 0. The lowest BCUT2D eigenvalue weighted by Gasteiger charge is -2.23. The number of fused-ring (bicyclic) bond motifs is 2. The van der Waals surface area contributed by atoms with E-state index in [2.05, 4.69) is 4.99 Å². The Morgan fingerprint density at radius 2 is 1.98 bits per heavy atom. The van der Waals surface area contributed by atoms with Gasteiger partial charge in [-0.2, -0.15) is 4.99 Å². The molecule has 4 heterocycles. The van der Waals surface area contributed by atoms with Crippen LogP contribution in [0.5, 0.6) is 5.75 Å². The van der Waals surface area contributed by atoms with E-state index < -0.39 is 17.5 Å². The summed E-state index contributed by atoms with van der Waals surface area (Å²) in [6.45, 7) is 5.75. The summed E-state index contributed by atoms with van der Waals surface area (Å²) < 4.78 is 20.2. The van der Waals surface area contributed by atoms with E-state index in [1.165, 1.54) is 10.5 Å². The van der Waals surface area contributed by atoms with Crippen molar-refractivity contribution in [1.29, 1.82) is 0 Å². The number of carbonyl (C=O) groups excluding carboxylic acids is 2. The molecule has 208 valence electrons. The van der Waals surface area contributed by atoms with E-state index in [9.17, 15) is 14.4 Å². The zero-order valence-corrected chi connectivity index (χ0v) is 23.2. The van der Waals surface area contributed by atoms with Gasteiger partial charge in [0, 0.05) is 17.8 Å². The number of hydrogen-bond donors (Lipinski definition) is 0. The molecule has 1 aliphatic heterocycles. The van der Waals surface area contributed by atoms with E-state index >= 15 is 0 Å². The second kappa shape index (κ2) is 11.2. The first-order valence-corrected chi connectivity index (χ1v) is 13.4. The Kier molecular flexibility index (Phi) is 7.73. The lowest BCUT2D eigenvalue weighted by atomic mass is 10.1. The monoisotopic (exact) mass is 564 g/mol. The van der Waals surface area contributed by atoms with E-state index in [4.69, 9.17) is 30.8 Å². The highest BCUT2D eigenvalue weighted by Crippen LogP contribution is 2.22. The number of ether oxygens (including phenoxy) is 3. The maximum atomic E-state index is 13.6. The second-order valence-electron chi connectivity index (χ2n) is 9.91. The Bertz CT molecular complexity index is 1720. The summed E-state index contributed by atoms with van der Waals surface area (Å²) in [5, 5.41) is 0.718. The van der Waals surface area contributed by atoms with Crippen LogP contribution in [0.1, 0.15) is 44.0 Å². The number of esters is 1. The first-order valence-electron chi connectivity index (χ1n) is 13.1. The molecule has 40 heavy (non-hydrogen) atoms. The molecule has 0 saturated carbocycles. The predicted octanol–water partition coefficient (Wildman–Crippen LogP) is 3.94. The van der Waals surface area contributed by atoms with E-state index in [-0.39, 0.29) is 46.9 Å². The molecule has 1 aromatic carbocycles. The highest BCUT2D eigenvalue weighted by atomic mass is 35.5. The fraction of sp³-hybridized carbons (Fsp3) is 0.345. The van der Waals surface area contributed by atoms with Gasteiger partial charge in [0.15, 0.2) is 11.1 Å². The molecule has 0 unspecified atom stereocenters. The van der Waals surface area contributed by atoms with E-state index in [1.54, 1.807) is 74.0 Å². The van der Waals surface area contributed by atoms with Crippen molar-refractivity contribution >= 4 is 40.2 Å². The number of pyridine rings is 2. The Morgan fingerprint density at radius 1 is 1.20 bits per heavy atom. The molecule has 1 aliphatic rings. The smallest absolute Gasteiger partial charge is 0.341 e. The SMILES string of the molecule is CCOC(=O)c1cc2c(=O)n3ccccc3nc2n(C[C@@H]2CCCO2)c1=NC(=O)C(C)(C)Oc1ccc(Cl)cc1. The molecule has 0 radical (unpaired) electrons. The highest BCUT2D eigenvalue weighted by molar-refractivity contribution is 6.30. The molecule has 0 bridgehead atoms. The maximum absolute atomic E-state index is 13.6. The molecular formula is C29H29ClN4O6. The highest BCUT2D eigenvalue weighted by Gasteiger charge is 2.31. The van der Waals surface area contributed by atoms with Crippen LogP contribution in [0.3, 0.4) is 0 Å². The summed E-state index contributed by atoms with van der Waals surface area (Å²) in [6.07, 6.45) is 3.02. The predicted molar refractivity (Wildman–Crippen MR) is 149 cm³/mol. The lowest BCUT2D eigenvalue weighted by Crippen LogP contribution is -2.41. The van der Waals surface area contributed by atoms with Gasteiger partial charge in [0.1, 0.15) is 22.6 Å². The second-order valence-corrected chi connectivity index (χ2v) is 10.4. The standard InChI is InChI=1S/C29H29ClN4O6/c1-4-38-27(36)22-16-21-24(31-23-9-5-6-14-33(23)26(21)35)34(17-20-8-7-15-39-20)25(22)32-28(37)29(2,3)40-19-12-10-18(30)11-13-19/h5-6,9-14,16,20H,4,7-8,15,17H2,1-3H3/t20-/m0/s1. The number of amides is 1. The summed E-state index contributed by atoms with van der Waals surface area (Å²) in [5.41, 5.74) is -1.09.